The van der Waals surface area contributed by atoms with Crippen molar-refractivity contribution in [2.45, 2.75) is 13.0 Å². The number of anilines is 1. The van der Waals surface area contributed by atoms with E-state index in [1.807, 2.05) is 12.1 Å². The molecule has 116 valence electrons. The maximum Gasteiger partial charge on any atom is 0.258 e. The van der Waals surface area contributed by atoms with Crippen molar-refractivity contribution in [2.24, 2.45) is 0 Å². The predicted molar refractivity (Wildman–Crippen MR) is 81.2 cm³/mol. The zero-order chi connectivity index (χ0) is 15.1. The molecule has 0 radical (unpaired) electrons. The van der Waals surface area contributed by atoms with Crippen LogP contribution in [0.3, 0.4) is 0 Å². The lowest BCUT2D eigenvalue weighted by Crippen LogP contribution is -2.47. The van der Waals surface area contributed by atoms with Gasteiger partial charge >= 0.3 is 0 Å². The van der Waals surface area contributed by atoms with Crippen molar-refractivity contribution >= 4 is 11.6 Å². The number of ether oxygens (including phenoxy) is 2. The van der Waals surface area contributed by atoms with Crippen LogP contribution in [0, 0.1) is 0 Å². The summed E-state index contributed by atoms with van der Waals surface area (Å²) in [6.07, 6.45) is 0.0458. The van der Waals surface area contributed by atoms with Gasteiger partial charge in [0.25, 0.3) is 5.91 Å². The summed E-state index contributed by atoms with van der Waals surface area (Å²) in [6, 6.07) is 7.12. The lowest BCUT2D eigenvalue weighted by Gasteiger charge is -2.32. The van der Waals surface area contributed by atoms with Gasteiger partial charge in [0.2, 0.25) is 0 Å². The van der Waals surface area contributed by atoms with Crippen LogP contribution >= 0.6 is 0 Å². The Hall–Kier alpha value is -1.79. The van der Waals surface area contributed by atoms with Crippen LogP contribution in [0.1, 0.15) is 6.92 Å². The van der Waals surface area contributed by atoms with E-state index in [9.17, 15) is 4.79 Å². The number of morpholine rings is 1. The molecule has 1 amide bonds. The van der Waals surface area contributed by atoms with E-state index in [4.69, 9.17) is 15.2 Å². The molecule has 1 aliphatic heterocycles. The lowest BCUT2D eigenvalue weighted by molar-refractivity contribution is -0.124. The molecule has 0 aromatic heterocycles. The van der Waals surface area contributed by atoms with Gasteiger partial charge in [0.1, 0.15) is 5.75 Å². The van der Waals surface area contributed by atoms with E-state index in [0.29, 0.717) is 24.6 Å². The van der Waals surface area contributed by atoms with E-state index < -0.39 is 0 Å². The SMILES string of the molecule is CCN1CCOC(CNC(=O)COc2ccccc2N)C1. The fourth-order valence-corrected chi connectivity index (χ4v) is 2.23. The molecule has 21 heavy (non-hydrogen) atoms. The largest absolute Gasteiger partial charge is 0.482 e. The van der Waals surface area contributed by atoms with Crippen LogP contribution < -0.4 is 15.8 Å². The standard InChI is InChI=1S/C15H23N3O3/c1-2-18-7-8-20-12(10-18)9-17-15(19)11-21-14-6-4-3-5-13(14)16/h3-6,12H,2,7-11,16H2,1H3,(H,17,19). The number of carbonyl (C=O) groups excluding carboxylic acids is 1. The highest BCUT2D eigenvalue weighted by Gasteiger charge is 2.19. The topological polar surface area (TPSA) is 76.8 Å². The Morgan fingerprint density at radius 3 is 3.10 bits per heavy atom. The maximum absolute atomic E-state index is 11.8. The molecule has 0 aliphatic carbocycles. The molecule has 1 aromatic carbocycles. The number of hydrogen-bond acceptors (Lipinski definition) is 5. The molecule has 1 aromatic rings. The van der Waals surface area contributed by atoms with E-state index in [-0.39, 0.29) is 18.6 Å². The van der Waals surface area contributed by atoms with Crippen molar-refractivity contribution in [3.8, 4) is 5.75 Å². The predicted octanol–water partition coefficient (Wildman–Crippen LogP) is 0.485. The van der Waals surface area contributed by atoms with Crippen LogP contribution in [0.15, 0.2) is 24.3 Å². The number of para-hydroxylation sites is 2. The minimum atomic E-state index is -0.171. The van der Waals surface area contributed by atoms with Crippen LogP contribution in [-0.2, 0) is 9.53 Å². The number of benzene rings is 1. The normalized spacial score (nSPS) is 19.2. The van der Waals surface area contributed by atoms with Gasteiger partial charge < -0.3 is 20.5 Å². The van der Waals surface area contributed by atoms with Gasteiger partial charge in [0.05, 0.1) is 18.4 Å². The van der Waals surface area contributed by atoms with Crippen molar-refractivity contribution in [2.75, 3.05) is 45.1 Å². The van der Waals surface area contributed by atoms with E-state index in [1.165, 1.54) is 0 Å². The first-order chi connectivity index (χ1) is 10.2. The third kappa shape index (κ3) is 4.91. The Morgan fingerprint density at radius 2 is 2.33 bits per heavy atom. The van der Waals surface area contributed by atoms with Crippen LogP contribution in [0.2, 0.25) is 0 Å². The fourth-order valence-electron chi connectivity index (χ4n) is 2.23. The molecule has 0 bridgehead atoms. The number of nitrogens with two attached hydrogens (primary N) is 1. The highest BCUT2D eigenvalue weighted by Crippen LogP contribution is 2.19. The molecule has 0 saturated carbocycles. The average molecular weight is 293 g/mol. The Bertz CT molecular complexity index is 467. The van der Waals surface area contributed by atoms with Gasteiger partial charge in [-0.1, -0.05) is 19.1 Å². The zero-order valence-electron chi connectivity index (χ0n) is 12.4. The molecule has 1 aliphatic rings. The Kier molecular flexibility index (Phi) is 5.83. The summed E-state index contributed by atoms with van der Waals surface area (Å²) in [4.78, 5) is 14.1. The molecule has 1 atom stereocenters. The minimum absolute atomic E-state index is 0.0432. The molecular formula is C15H23N3O3. The van der Waals surface area contributed by atoms with Gasteiger partial charge in [0, 0.05) is 19.6 Å². The average Bonchev–Trinajstić information content (AvgIpc) is 2.52. The first-order valence-corrected chi connectivity index (χ1v) is 7.27. The van der Waals surface area contributed by atoms with Crippen LogP contribution in [0.5, 0.6) is 5.75 Å². The van der Waals surface area contributed by atoms with Crippen molar-refractivity contribution < 1.29 is 14.3 Å². The van der Waals surface area contributed by atoms with Crippen LogP contribution in [0.25, 0.3) is 0 Å². The summed E-state index contributed by atoms with van der Waals surface area (Å²) in [7, 11) is 0. The Morgan fingerprint density at radius 1 is 1.52 bits per heavy atom. The second kappa shape index (κ2) is 7.85. The molecule has 3 N–H and O–H groups in total. The quantitative estimate of drug-likeness (QED) is 0.746. The van der Waals surface area contributed by atoms with Crippen LogP contribution in [-0.4, -0.2) is 56.3 Å². The maximum atomic E-state index is 11.8. The number of nitrogens with one attached hydrogen (secondary N) is 1. The third-order valence-electron chi connectivity index (χ3n) is 3.47. The number of nitrogen functional groups attached to an aromatic ring is 1. The molecule has 6 nitrogen and oxygen atoms in total. The minimum Gasteiger partial charge on any atom is -0.482 e. The van der Waals surface area contributed by atoms with Gasteiger partial charge in [-0.3, -0.25) is 9.69 Å². The molecular weight excluding hydrogens is 270 g/mol. The second-order valence-corrected chi connectivity index (χ2v) is 5.02. The number of hydrogen-bond donors (Lipinski definition) is 2. The van der Waals surface area contributed by atoms with Gasteiger partial charge in [0.15, 0.2) is 6.61 Å². The van der Waals surface area contributed by atoms with Gasteiger partial charge in [-0.25, -0.2) is 0 Å². The lowest BCUT2D eigenvalue weighted by atomic mass is 10.2. The number of nitrogens with zero attached hydrogens (tertiary/aromatic N) is 1. The van der Waals surface area contributed by atoms with Crippen molar-refractivity contribution in [1.29, 1.82) is 0 Å². The van der Waals surface area contributed by atoms with Crippen molar-refractivity contribution in [1.82, 2.24) is 10.2 Å². The van der Waals surface area contributed by atoms with Gasteiger partial charge in [-0.15, -0.1) is 0 Å². The summed E-state index contributed by atoms with van der Waals surface area (Å²) in [5.74, 6) is 0.356. The molecule has 1 unspecified atom stereocenters. The summed E-state index contributed by atoms with van der Waals surface area (Å²) in [6.45, 7) is 6.11. The number of carbonyl (C=O) groups is 1. The highest BCUT2D eigenvalue weighted by molar-refractivity contribution is 5.77. The number of rotatable bonds is 6. The number of likely N-dealkylation sites (N-methyl/N-ethyl adjacent to an activating group) is 1. The highest BCUT2D eigenvalue weighted by atomic mass is 16.5. The van der Waals surface area contributed by atoms with Gasteiger partial charge in [-0.2, -0.15) is 0 Å². The van der Waals surface area contributed by atoms with Gasteiger partial charge in [-0.05, 0) is 18.7 Å². The van der Waals surface area contributed by atoms with E-state index in [0.717, 1.165) is 19.6 Å². The zero-order valence-corrected chi connectivity index (χ0v) is 12.4. The Balaban J connectivity index is 1.69. The Labute approximate surface area is 125 Å². The molecule has 6 heteroatoms. The molecule has 0 spiro atoms. The van der Waals surface area contributed by atoms with Crippen LogP contribution in [0.4, 0.5) is 5.69 Å². The van der Waals surface area contributed by atoms with E-state index in [1.54, 1.807) is 12.1 Å². The molecule has 1 heterocycles. The van der Waals surface area contributed by atoms with Crippen molar-refractivity contribution in [3.63, 3.8) is 0 Å². The molecule has 2 rings (SSSR count). The van der Waals surface area contributed by atoms with E-state index >= 15 is 0 Å². The monoisotopic (exact) mass is 293 g/mol. The number of amides is 1. The summed E-state index contributed by atoms with van der Waals surface area (Å²) < 4.78 is 11.0. The summed E-state index contributed by atoms with van der Waals surface area (Å²) in [5, 5.41) is 2.83. The first-order valence-electron chi connectivity index (χ1n) is 7.27. The van der Waals surface area contributed by atoms with Crippen molar-refractivity contribution in [3.05, 3.63) is 24.3 Å². The fraction of sp³-hybridized carbons (Fsp3) is 0.533. The summed E-state index contributed by atoms with van der Waals surface area (Å²) in [5.41, 5.74) is 6.27. The first kappa shape index (κ1) is 15.6. The second-order valence-electron chi connectivity index (χ2n) is 5.02. The van der Waals surface area contributed by atoms with E-state index in [2.05, 4.69) is 17.1 Å². The third-order valence-corrected chi connectivity index (χ3v) is 3.47. The summed E-state index contributed by atoms with van der Waals surface area (Å²) >= 11 is 0. The molecule has 1 fully saturated rings. The molecule has 1 saturated heterocycles. The smallest absolute Gasteiger partial charge is 0.258 e.